The molecule has 0 unspecified atom stereocenters. The summed E-state index contributed by atoms with van der Waals surface area (Å²) in [4.78, 5) is 33.4. The van der Waals surface area contributed by atoms with E-state index in [-0.39, 0.29) is 22.5 Å². The number of anilines is 1. The molecule has 2 aromatic carbocycles. The van der Waals surface area contributed by atoms with Crippen LogP contribution in [0.3, 0.4) is 0 Å². The van der Waals surface area contributed by atoms with E-state index in [0.717, 1.165) is 41.8 Å². The molecule has 1 aliphatic rings. The van der Waals surface area contributed by atoms with Crippen molar-refractivity contribution in [3.63, 3.8) is 0 Å². The fraction of sp³-hybridized carbons (Fsp3) is 0.370. The maximum absolute atomic E-state index is 13.6. The minimum atomic E-state index is -0.210. The number of hydrogen-bond donors (Lipinski definition) is 0. The molecule has 5 nitrogen and oxygen atoms in total. The van der Waals surface area contributed by atoms with Crippen LogP contribution < -0.4 is 10.5 Å². The molecule has 4 rings (SSSR count). The summed E-state index contributed by atoms with van der Waals surface area (Å²) in [5, 5.41) is 0.579. The van der Waals surface area contributed by atoms with Gasteiger partial charge in [-0.15, -0.1) is 0 Å². The molecule has 0 saturated heterocycles. The van der Waals surface area contributed by atoms with Crippen molar-refractivity contribution in [1.82, 2.24) is 9.55 Å². The van der Waals surface area contributed by atoms with Crippen molar-refractivity contribution in [1.29, 1.82) is 0 Å². The second kappa shape index (κ2) is 9.18. The maximum atomic E-state index is 13.6. The molecule has 172 valence electrons. The van der Waals surface area contributed by atoms with Crippen LogP contribution in [0.15, 0.2) is 58.5 Å². The van der Waals surface area contributed by atoms with E-state index in [0.29, 0.717) is 10.7 Å². The van der Waals surface area contributed by atoms with E-state index in [2.05, 4.69) is 32.0 Å². The van der Waals surface area contributed by atoms with Crippen molar-refractivity contribution >= 4 is 23.2 Å². The first-order valence-corrected chi connectivity index (χ1v) is 12.4. The predicted octanol–water partition coefficient (Wildman–Crippen LogP) is 5.10. The van der Waals surface area contributed by atoms with Crippen molar-refractivity contribution < 1.29 is 4.79 Å². The van der Waals surface area contributed by atoms with E-state index < -0.39 is 0 Å². The lowest BCUT2D eigenvalue weighted by Gasteiger charge is -2.38. The number of fused-ring (bicyclic) bond motifs is 3. The SMILES string of the molecule is CCC1(CC)Cc2ccccc2-c2nc(SCC(=O)c3ccc(N(C)C)cc3)n(C)c(=O)c21. The van der Waals surface area contributed by atoms with Gasteiger partial charge in [-0.25, -0.2) is 4.98 Å². The average molecular weight is 462 g/mol. The van der Waals surface area contributed by atoms with Crippen LogP contribution in [-0.2, 0) is 18.9 Å². The summed E-state index contributed by atoms with van der Waals surface area (Å²) in [6, 6.07) is 15.8. The predicted molar refractivity (Wildman–Crippen MR) is 137 cm³/mol. The monoisotopic (exact) mass is 461 g/mol. The van der Waals surface area contributed by atoms with Gasteiger partial charge in [0.2, 0.25) is 0 Å². The van der Waals surface area contributed by atoms with Crippen LogP contribution >= 0.6 is 11.8 Å². The van der Waals surface area contributed by atoms with E-state index in [1.54, 1.807) is 11.6 Å². The molecular formula is C27H31N3O2S. The Kier molecular flexibility index (Phi) is 6.48. The topological polar surface area (TPSA) is 55.2 Å². The number of carbonyl (C=O) groups is 1. The van der Waals surface area contributed by atoms with Gasteiger partial charge in [0, 0.05) is 43.4 Å². The Hall–Kier alpha value is -2.86. The van der Waals surface area contributed by atoms with Crippen LogP contribution in [0.2, 0.25) is 0 Å². The highest BCUT2D eigenvalue weighted by atomic mass is 32.2. The Morgan fingerprint density at radius 2 is 1.76 bits per heavy atom. The Labute approximate surface area is 199 Å². The number of carbonyl (C=O) groups excluding carboxylic acids is 1. The zero-order chi connectivity index (χ0) is 23.8. The number of rotatable bonds is 7. The Bertz CT molecular complexity index is 1240. The van der Waals surface area contributed by atoms with Gasteiger partial charge in [-0.05, 0) is 49.1 Å². The van der Waals surface area contributed by atoms with E-state index in [9.17, 15) is 9.59 Å². The van der Waals surface area contributed by atoms with Gasteiger partial charge in [-0.1, -0.05) is 49.9 Å². The smallest absolute Gasteiger partial charge is 0.258 e. The first-order chi connectivity index (χ1) is 15.8. The number of hydrogen-bond acceptors (Lipinski definition) is 5. The maximum Gasteiger partial charge on any atom is 0.258 e. The molecule has 1 aromatic heterocycles. The molecule has 0 atom stereocenters. The highest BCUT2D eigenvalue weighted by Crippen LogP contribution is 2.44. The number of nitrogens with zero attached hydrogens (tertiary/aromatic N) is 3. The number of thioether (sulfide) groups is 1. The average Bonchev–Trinajstić information content (AvgIpc) is 2.84. The van der Waals surface area contributed by atoms with Crippen molar-refractivity contribution in [2.75, 3.05) is 24.7 Å². The lowest BCUT2D eigenvalue weighted by atomic mass is 9.66. The van der Waals surface area contributed by atoms with Crippen molar-refractivity contribution in [3.8, 4) is 11.3 Å². The third-order valence-electron chi connectivity index (χ3n) is 6.97. The number of benzene rings is 2. The quantitative estimate of drug-likeness (QED) is 0.278. The Morgan fingerprint density at radius 1 is 1.09 bits per heavy atom. The number of Topliss-reactive ketones (excluding diaryl/α,β-unsaturated/α-hetero) is 1. The summed E-state index contributed by atoms with van der Waals surface area (Å²) in [6.45, 7) is 4.31. The summed E-state index contributed by atoms with van der Waals surface area (Å²) in [7, 11) is 5.71. The number of aromatic nitrogens is 2. The fourth-order valence-electron chi connectivity index (χ4n) is 4.76. The first-order valence-electron chi connectivity index (χ1n) is 11.4. The molecule has 0 saturated carbocycles. The van der Waals surface area contributed by atoms with Crippen molar-refractivity contribution in [2.24, 2.45) is 7.05 Å². The summed E-state index contributed by atoms with van der Waals surface area (Å²) in [6.07, 6.45) is 2.62. The van der Waals surface area contributed by atoms with Crippen molar-refractivity contribution in [3.05, 3.63) is 75.6 Å². The minimum Gasteiger partial charge on any atom is -0.378 e. The minimum absolute atomic E-state index is 0.00323. The molecule has 1 heterocycles. The molecule has 0 bridgehead atoms. The third kappa shape index (κ3) is 4.12. The zero-order valence-electron chi connectivity index (χ0n) is 20.0. The fourth-order valence-corrected chi connectivity index (χ4v) is 5.61. The lowest BCUT2D eigenvalue weighted by Crippen LogP contribution is -2.40. The zero-order valence-corrected chi connectivity index (χ0v) is 20.8. The molecule has 0 spiro atoms. The molecule has 0 radical (unpaired) electrons. The molecule has 0 amide bonds. The van der Waals surface area contributed by atoms with Crippen LogP contribution in [0.1, 0.15) is 48.2 Å². The van der Waals surface area contributed by atoms with Gasteiger partial charge in [0.05, 0.1) is 17.0 Å². The van der Waals surface area contributed by atoms with Crippen LogP contribution in [0.4, 0.5) is 5.69 Å². The summed E-state index contributed by atoms with van der Waals surface area (Å²) in [5.74, 6) is 0.253. The molecular weight excluding hydrogens is 430 g/mol. The Balaban J connectivity index is 1.70. The van der Waals surface area contributed by atoms with Crippen LogP contribution in [0.25, 0.3) is 11.3 Å². The van der Waals surface area contributed by atoms with Gasteiger partial charge in [0.1, 0.15) is 0 Å². The van der Waals surface area contributed by atoms with Gasteiger partial charge in [0.25, 0.3) is 5.56 Å². The van der Waals surface area contributed by atoms with Crippen LogP contribution in [-0.4, -0.2) is 35.2 Å². The van der Waals surface area contributed by atoms with Gasteiger partial charge >= 0.3 is 0 Å². The van der Waals surface area contributed by atoms with Gasteiger partial charge < -0.3 is 4.90 Å². The van der Waals surface area contributed by atoms with Gasteiger partial charge in [-0.2, -0.15) is 0 Å². The van der Waals surface area contributed by atoms with E-state index in [4.69, 9.17) is 4.98 Å². The Morgan fingerprint density at radius 3 is 2.39 bits per heavy atom. The highest BCUT2D eigenvalue weighted by Gasteiger charge is 2.40. The van der Waals surface area contributed by atoms with Gasteiger partial charge in [0.15, 0.2) is 10.9 Å². The molecule has 0 aliphatic heterocycles. The van der Waals surface area contributed by atoms with E-state index in [1.165, 1.54) is 17.3 Å². The lowest BCUT2D eigenvalue weighted by molar-refractivity contribution is 0.102. The molecule has 33 heavy (non-hydrogen) atoms. The molecule has 3 aromatic rings. The second-order valence-corrected chi connectivity index (χ2v) is 9.90. The first kappa shape index (κ1) is 23.3. The molecule has 0 N–H and O–H groups in total. The second-order valence-electron chi connectivity index (χ2n) is 8.96. The number of ketones is 1. The molecule has 1 aliphatic carbocycles. The van der Waals surface area contributed by atoms with Crippen molar-refractivity contribution in [2.45, 2.75) is 43.7 Å². The molecule has 0 fully saturated rings. The van der Waals surface area contributed by atoms with Crippen LogP contribution in [0, 0.1) is 0 Å². The summed E-state index contributed by atoms with van der Waals surface area (Å²) >= 11 is 1.33. The summed E-state index contributed by atoms with van der Waals surface area (Å²) < 4.78 is 1.62. The normalized spacial score (nSPS) is 13.8. The third-order valence-corrected chi connectivity index (χ3v) is 8.00. The molecule has 6 heteroatoms. The summed E-state index contributed by atoms with van der Waals surface area (Å²) in [5.41, 5.74) is 5.39. The van der Waals surface area contributed by atoms with Crippen LogP contribution in [0.5, 0.6) is 0 Å². The van der Waals surface area contributed by atoms with E-state index in [1.807, 2.05) is 49.3 Å². The van der Waals surface area contributed by atoms with Gasteiger partial charge in [-0.3, -0.25) is 14.2 Å². The highest BCUT2D eigenvalue weighted by molar-refractivity contribution is 7.99. The van der Waals surface area contributed by atoms with E-state index >= 15 is 0 Å². The largest absolute Gasteiger partial charge is 0.378 e. The standard InChI is InChI=1S/C27H31N3O2S/c1-6-27(7-2)16-19-10-8-9-11-21(19)24-23(27)25(32)30(5)26(28-24)33-17-22(31)18-12-14-20(15-13-18)29(3)4/h8-15H,6-7,16-17H2,1-5H3.